The first-order chi connectivity index (χ1) is 19.9. The molecule has 0 saturated heterocycles. The monoisotopic (exact) mass is 545 g/mol. The van der Waals surface area contributed by atoms with E-state index in [2.05, 4.69) is 54.1 Å². The molecule has 1 saturated carbocycles. The van der Waals surface area contributed by atoms with Crippen molar-refractivity contribution in [3.05, 3.63) is 77.2 Å². The molecule has 0 N–H and O–H groups in total. The lowest BCUT2D eigenvalue weighted by atomic mass is 10.1. The van der Waals surface area contributed by atoms with Crippen LogP contribution in [0.5, 0.6) is 5.75 Å². The van der Waals surface area contributed by atoms with E-state index >= 15 is 0 Å². The molecule has 10 heteroatoms. The summed E-state index contributed by atoms with van der Waals surface area (Å²) >= 11 is 0. The third-order valence-electron chi connectivity index (χ3n) is 7.76. The molecule has 0 bridgehead atoms. The molecule has 206 valence electrons. The van der Waals surface area contributed by atoms with Crippen molar-refractivity contribution in [3.63, 3.8) is 0 Å². The lowest BCUT2D eigenvalue weighted by molar-refractivity contribution is 0.385. The number of ether oxygens (including phenoxy) is 1. The molecular weight excluding hydrogens is 514 g/mol. The van der Waals surface area contributed by atoms with Crippen LogP contribution in [0.3, 0.4) is 0 Å². The SMILES string of the molecule is CCN(Cc1ccc(OC)cc1)c1nc(-n2cc([C@@H]3C[C@H]3CN(C)C)c3ccc(C#N)cc32)nn2c(C#N)cnc12. The van der Waals surface area contributed by atoms with E-state index in [4.69, 9.17) is 14.8 Å². The third-order valence-corrected chi connectivity index (χ3v) is 7.76. The summed E-state index contributed by atoms with van der Waals surface area (Å²) in [5, 5.41) is 25.4. The number of rotatable bonds is 9. The molecule has 1 aliphatic rings. The number of nitriles is 2. The molecule has 3 heterocycles. The number of anilines is 1. The topological polar surface area (TPSA) is 111 Å². The molecule has 2 aromatic carbocycles. The molecular formula is C31H31N9O. The number of benzene rings is 2. The Labute approximate surface area is 238 Å². The molecule has 5 aromatic rings. The number of hydrogen-bond donors (Lipinski definition) is 0. The van der Waals surface area contributed by atoms with Crippen LogP contribution in [0.25, 0.3) is 22.5 Å². The first-order valence-corrected chi connectivity index (χ1v) is 13.7. The van der Waals surface area contributed by atoms with Gasteiger partial charge < -0.3 is 14.5 Å². The van der Waals surface area contributed by atoms with Gasteiger partial charge in [0.25, 0.3) is 5.95 Å². The lowest BCUT2D eigenvalue weighted by Gasteiger charge is -2.23. The zero-order valence-electron chi connectivity index (χ0n) is 23.6. The number of imidazole rings is 1. The molecule has 0 aliphatic heterocycles. The second-order valence-electron chi connectivity index (χ2n) is 10.8. The second kappa shape index (κ2) is 10.6. The highest BCUT2D eigenvalue weighted by Gasteiger charge is 2.40. The molecule has 0 spiro atoms. The molecule has 41 heavy (non-hydrogen) atoms. The normalized spacial score (nSPS) is 16.2. The maximum atomic E-state index is 9.84. The van der Waals surface area contributed by atoms with Crippen molar-refractivity contribution in [1.82, 2.24) is 29.0 Å². The van der Waals surface area contributed by atoms with Gasteiger partial charge in [-0.1, -0.05) is 18.2 Å². The summed E-state index contributed by atoms with van der Waals surface area (Å²) in [4.78, 5) is 13.9. The summed E-state index contributed by atoms with van der Waals surface area (Å²) in [6.45, 7) is 4.34. The average molecular weight is 546 g/mol. The molecule has 0 radical (unpaired) electrons. The van der Waals surface area contributed by atoms with E-state index in [1.54, 1.807) is 11.6 Å². The predicted molar refractivity (Wildman–Crippen MR) is 156 cm³/mol. The van der Waals surface area contributed by atoms with E-state index in [1.807, 2.05) is 47.0 Å². The zero-order valence-corrected chi connectivity index (χ0v) is 23.6. The van der Waals surface area contributed by atoms with E-state index in [9.17, 15) is 10.5 Å². The van der Waals surface area contributed by atoms with Crippen molar-refractivity contribution in [2.24, 2.45) is 5.92 Å². The van der Waals surface area contributed by atoms with Crippen LogP contribution in [0.1, 0.15) is 41.6 Å². The van der Waals surface area contributed by atoms with Crippen molar-refractivity contribution < 1.29 is 4.74 Å². The van der Waals surface area contributed by atoms with Crippen LogP contribution in [0, 0.1) is 28.6 Å². The minimum absolute atomic E-state index is 0.327. The average Bonchev–Trinajstić information content (AvgIpc) is 3.44. The Morgan fingerprint density at radius 1 is 1.10 bits per heavy atom. The van der Waals surface area contributed by atoms with Gasteiger partial charge in [0.1, 0.15) is 11.8 Å². The smallest absolute Gasteiger partial charge is 0.254 e. The van der Waals surface area contributed by atoms with Gasteiger partial charge in [0.15, 0.2) is 17.2 Å². The molecule has 6 rings (SSSR count). The van der Waals surface area contributed by atoms with Gasteiger partial charge in [0.05, 0.1) is 30.5 Å². The summed E-state index contributed by atoms with van der Waals surface area (Å²) in [5.41, 5.74) is 4.61. The Bertz CT molecular complexity index is 1820. The highest BCUT2D eigenvalue weighted by molar-refractivity contribution is 5.87. The quantitative estimate of drug-likeness (QED) is 0.266. The molecule has 10 nitrogen and oxygen atoms in total. The highest BCUT2D eigenvalue weighted by atomic mass is 16.5. The Balaban J connectivity index is 1.50. The van der Waals surface area contributed by atoms with Gasteiger partial charge in [0.2, 0.25) is 0 Å². The first kappa shape index (κ1) is 26.3. The van der Waals surface area contributed by atoms with Crippen LogP contribution >= 0.6 is 0 Å². The van der Waals surface area contributed by atoms with Crippen molar-refractivity contribution in [2.45, 2.75) is 25.8 Å². The van der Waals surface area contributed by atoms with Crippen LogP contribution < -0.4 is 9.64 Å². The molecule has 1 fully saturated rings. The van der Waals surface area contributed by atoms with Crippen molar-refractivity contribution >= 4 is 22.4 Å². The number of fused-ring (bicyclic) bond motifs is 2. The second-order valence-corrected chi connectivity index (χ2v) is 10.8. The standard InChI is InChI=1S/C31H31N9O/c1-5-38(17-20-6-9-24(41-4)10-7-20)30-29-34-16-23(15-33)40(29)36-31(35-30)39-19-27(26-13-22(26)18-37(2)3)25-11-8-21(14-32)12-28(25)39/h6-12,16,19,22,26H,5,13,17-18H2,1-4H3/t22-,26+/m0/s1. The maximum Gasteiger partial charge on any atom is 0.254 e. The number of hydrogen-bond acceptors (Lipinski definition) is 8. The van der Waals surface area contributed by atoms with Crippen molar-refractivity contribution in [2.75, 3.05) is 39.2 Å². The molecule has 0 amide bonds. The van der Waals surface area contributed by atoms with Crippen LogP contribution in [0.4, 0.5) is 5.82 Å². The van der Waals surface area contributed by atoms with E-state index in [1.165, 1.54) is 11.8 Å². The largest absolute Gasteiger partial charge is 0.497 e. The summed E-state index contributed by atoms with van der Waals surface area (Å²) < 4.78 is 8.85. The van der Waals surface area contributed by atoms with Gasteiger partial charge in [-0.25, -0.2) is 4.98 Å². The van der Waals surface area contributed by atoms with Crippen LogP contribution in [0.2, 0.25) is 0 Å². The number of aromatic nitrogens is 5. The summed E-state index contributed by atoms with van der Waals surface area (Å²) in [6.07, 6.45) is 4.76. The van der Waals surface area contributed by atoms with Gasteiger partial charge in [-0.05, 0) is 74.7 Å². The Morgan fingerprint density at radius 3 is 2.59 bits per heavy atom. The van der Waals surface area contributed by atoms with Crippen LogP contribution in [0.15, 0.2) is 54.9 Å². The molecule has 1 aliphatic carbocycles. The van der Waals surface area contributed by atoms with Gasteiger partial charge in [-0.2, -0.15) is 20.0 Å². The molecule has 3 aromatic heterocycles. The number of methoxy groups -OCH3 is 1. The zero-order chi connectivity index (χ0) is 28.7. The summed E-state index contributed by atoms with van der Waals surface area (Å²) in [6, 6.07) is 18.2. The van der Waals surface area contributed by atoms with Crippen molar-refractivity contribution in [1.29, 1.82) is 10.5 Å². The van der Waals surface area contributed by atoms with Crippen LogP contribution in [-0.2, 0) is 6.54 Å². The third kappa shape index (κ3) is 4.83. The predicted octanol–water partition coefficient (Wildman–Crippen LogP) is 4.51. The summed E-state index contributed by atoms with van der Waals surface area (Å²) in [5.74, 6) is 2.86. The minimum Gasteiger partial charge on any atom is -0.497 e. The fourth-order valence-corrected chi connectivity index (χ4v) is 5.62. The Kier molecular flexibility index (Phi) is 6.78. The lowest BCUT2D eigenvalue weighted by Crippen LogP contribution is -2.25. The number of nitrogens with zero attached hydrogens (tertiary/aromatic N) is 9. The molecule has 0 unspecified atom stereocenters. The van der Waals surface area contributed by atoms with Crippen molar-refractivity contribution in [3.8, 4) is 23.8 Å². The minimum atomic E-state index is 0.327. The van der Waals surface area contributed by atoms with Gasteiger partial charge >= 0.3 is 0 Å². The maximum absolute atomic E-state index is 9.84. The van der Waals surface area contributed by atoms with E-state index < -0.39 is 0 Å². The van der Waals surface area contributed by atoms with E-state index in [0.717, 1.165) is 35.2 Å². The van der Waals surface area contributed by atoms with E-state index in [-0.39, 0.29) is 0 Å². The van der Waals surface area contributed by atoms with Gasteiger partial charge in [0, 0.05) is 31.2 Å². The van der Waals surface area contributed by atoms with Gasteiger partial charge in [-0.3, -0.25) is 4.57 Å². The summed E-state index contributed by atoms with van der Waals surface area (Å²) in [7, 11) is 5.86. The highest BCUT2D eigenvalue weighted by Crippen LogP contribution is 2.50. The molecule has 2 atom stereocenters. The Morgan fingerprint density at radius 2 is 1.90 bits per heavy atom. The van der Waals surface area contributed by atoms with E-state index in [0.29, 0.717) is 53.6 Å². The fraction of sp³-hybridized carbons (Fsp3) is 0.323. The first-order valence-electron chi connectivity index (χ1n) is 13.7. The Hall–Kier alpha value is -4.93. The van der Waals surface area contributed by atoms with Crippen LogP contribution in [-0.4, -0.2) is 63.3 Å². The van der Waals surface area contributed by atoms with Gasteiger partial charge in [-0.15, -0.1) is 5.10 Å². The fourth-order valence-electron chi connectivity index (χ4n) is 5.62.